The number of allylic oxidation sites excluding steroid dienone is 2. The fourth-order valence-corrected chi connectivity index (χ4v) is 11.3. The van der Waals surface area contributed by atoms with Crippen LogP contribution < -0.4 is 15.3 Å². The molecule has 6 aromatic carbocycles. The van der Waals surface area contributed by atoms with E-state index in [1.807, 2.05) is 11.8 Å². The van der Waals surface area contributed by atoms with E-state index in [2.05, 4.69) is 158 Å². The topological polar surface area (TPSA) is 3.24 Å². The van der Waals surface area contributed by atoms with E-state index in [9.17, 15) is 0 Å². The number of hydrogen-bond acceptors (Lipinski definition) is 2. The van der Waals surface area contributed by atoms with E-state index in [0.717, 1.165) is 6.42 Å². The first-order valence-electron chi connectivity index (χ1n) is 15.1. The van der Waals surface area contributed by atoms with Gasteiger partial charge in [-0.1, -0.05) is 122 Å². The molecule has 0 saturated heterocycles. The van der Waals surface area contributed by atoms with Gasteiger partial charge in [0.1, 0.15) is 8.07 Å². The maximum absolute atomic E-state index is 2.52. The molecule has 0 atom stereocenters. The van der Waals surface area contributed by atoms with Crippen molar-refractivity contribution < 1.29 is 0 Å². The van der Waals surface area contributed by atoms with Gasteiger partial charge in [-0.3, -0.25) is 0 Å². The highest BCUT2D eigenvalue weighted by Gasteiger charge is 2.42. The second-order valence-corrected chi connectivity index (χ2v) is 17.6. The van der Waals surface area contributed by atoms with Crippen LogP contribution in [0, 0.1) is 0 Å². The quantitative estimate of drug-likeness (QED) is 0.189. The van der Waals surface area contributed by atoms with Crippen LogP contribution in [0.5, 0.6) is 0 Å². The molecule has 2 aliphatic heterocycles. The van der Waals surface area contributed by atoms with Crippen molar-refractivity contribution in [1.82, 2.24) is 0 Å². The smallest absolute Gasteiger partial charge is 0.113 e. The van der Waals surface area contributed by atoms with Crippen LogP contribution in [0.15, 0.2) is 143 Å². The molecule has 2 aliphatic rings. The van der Waals surface area contributed by atoms with Gasteiger partial charge in [0.05, 0.1) is 5.69 Å². The molecule has 1 nitrogen and oxygen atoms in total. The van der Waals surface area contributed by atoms with Gasteiger partial charge in [-0.15, -0.1) is 0 Å². The van der Waals surface area contributed by atoms with E-state index < -0.39 is 8.07 Å². The summed E-state index contributed by atoms with van der Waals surface area (Å²) in [5, 5.41) is 5.65. The minimum atomic E-state index is -1.87. The molecule has 0 bridgehead atoms. The van der Waals surface area contributed by atoms with E-state index in [-0.39, 0.29) is 0 Å². The summed E-state index contributed by atoms with van der Waals surface area (Å²) in [6.07, 6.45) is 3.33. The van der Waals surface area contributed by atoms with Crippen molar-refractivity contribution in [2.24, 2.45) is 0 Å². The molecule has 0 fully saturated rings. The second kappa shape index (κ2) is 10.2. The molecule has 0 saturated carbocycles. The zero-order valence-corrected chi connectivity index (χ0v) is 26.6. The van der Waals surface area contributed by atoms with Gasteiger partial charge in [0.2, 0.25) is 0 Å². The van der Waals surface area contributed by atoms with Crippen LogP contribution in [0.4, 0.5) is 17.1 Å². The number of anilines is 3. The number of thioether (sulfide) groups is 1. The maximum atomic E-state index is 2.52. The van der Waals surface area contributed by atoms with Crippen LogP contribution in [0.1, 0.15) is 12.5 Å². The minimum Gasteiger partial charge on any atom is -0.310 e. The lowest BCUT2D eigenvalue weighted by atomic mass is 9.98. The molecule has 0 radical (unpaired) electrons. The molecule has 0 aromatic heterocycles. The summed E-state index contributed by atoms with van der Waals surface area (Å²) >= 11 is 1.98. The summed E-state index contributed by atoms with van der Waals surface area (Å²) in [6, 6.07) is 47.2. The van der Waals surface area contributed by atoms with Crippen LogP contribution in [0.25, 0.3) is 33.0 Å². The molecule has 0 spiro atoms. The molecule has 208 valence electrons. The third-order valence-electron chi connectivity index (χ3n) is 9.26. The Kier molecular flexibility index (Phi) is 6.21. The Balaban J connectivity index is 1.30. The van der Waals surface area contributed by atoms with Gasteiger partial charge >= 0.3 is 0 Å². The Morgan fingerprint density at radius 3 is 2.12 bits per heavy atom. The molecule has 0 amide bonds. The zero-order chi connectivity index (χ0) is 29.1. The third-order valence-corrected chi connectivity index (χ3v) is 14.1. The molecule has 6 aromatic rings. The maximum Gasteiger partial charge on any atom is 0.113 e. The van der Waals surface area contributed by atoms with Gasteiger partial charge in [0.15, 0.2) is 0 Å². The zero-order valence-electron chi connectivity index (χ0n) is 24.8. The van der Waals surface area contributed by atoms with E-state index in [0.29, 0.717) is 0 Å². The number of fused-ring (bicyclic) bond motifs is 6. The normalized spacial score (nSPS) is 15.4. The van der Waals surface area contributed by atoms with Gasteiger partial charge < -0.3 is 4.90 Å². The SMILES string of the molecule is C/C=C1\Cc2ccc3c(c2S1)-c1c(N(c2ccccc2)c2ccc(-c4ccc5ccccc5c4)cc2)cccc1[Si]3(C)C. The van der Waals surface area contributed by atoms with Crippen LogP contribution in [0.3, 0.4) is 0 Å². The van der Waals surface area contributed by atoms with Crippen LogP contribution >= 0.6 is 11.8 Å². The van der Waals surface area contributed by atoms with E-state index in [1.165, 1.54) is 70.6 Å². The molecule has 43 heavy (non-hydrogen) atoms. The first-order valence-corrected chi connectivity index (χ1v) is 18.9. The first kappa shape index (κ1) is 26.3. The highest BCUT2D eigenvalue weighted by molar-refractivity contribution is 8.03. The molecular weight excluding hydrogens is 555 g/mol. The Labute approximate surface area is 259 Å². The number of hydrogen-bond donors (Lipinski definition) is 0. The number of rotatable bonds is 4. The highest BCUT2D eigenvalue weighted by atomic mass is 32.2. The Morgan fingerprint density at radius 2 is 1.33 bits per heavy atom. The predicted octanol–water partition coefficient (Wildman–Crippen LogP) is 10.3. The Bertz CT molecular complexity index is 2060. The fourth-order valence-electron chi connectivity index (χ4n) is 7.00. The van der Waals surface area contributed by atoms with Crippen molar-refractivity contribution in [3.63, 3.8) is 0 Å². The summed E-state index contributed by atoms with van der Waals surface area (Å²) < 4.78 is 0. The van der Waals surface area contributed by atoms with Gasteiger partial charge in [-0.2, -0.15) is 0 Å². The molecule has 8 rings (SSSR count). The molecule has 0 N–H and O–H groups in total. The lowest BCUT2D eigenvalue weighted by Crippen LogP contribution is -2.49. The van der Waals surface area contributed by atoms with Gasteiger partial charge in [-0.25, -0.2) is 0 Å². The summed E-state index contributed by atoms with van der Waals surface area (Å²) in [6.45, 7) is 7.22. The monoisotopic (exact) mass is 587 g/mol. The predicted molar refractivity (Wildman–Crippen MR) is 190 cm³/mol. The lowest BCUT2D eigenvalue weighted by Gasteiger charge is -2.29. The van der Waals surface area contributed by atoms with Crippen molar-refractivity contribution in [3.05, 3.63) is 144 Å². The van der Waals surface area contributed by atoms with E-state index in [4.69, 9.17) is 0 Å². The van der Waals surface area contributed by atoms with Crippen molar-refractivity contribution >= 4 is 58.0 Å². The number of benzene rings is 6. The standard InChI is InChI=1S/C40H33NSSi/c1-4-34-26-31-21-24-37-39(40(31)42-34)38-35(15-10-16-36(38)43(37,2)3)41(32-13-6-5-7-14-32)33-22-19-28(20-23-33)30-18-17-27-11-8-9-12-29(27)25-30/h4-25H,26H2,1-3H3/b34-4+. The second-order valence-electron chi connectivity index (χ2n) is 12.1. The summed E-state index contributed by atoms with van der Waals surface area (Å²) in [5.74, 6) is 0. The number of nitrogens with zero attached hydrogens (tertiary/aromatic N) is 1. The Morgan fingerprint density at radius 1 is 0.628 bits per heavy atom. The first-order chi connectivity index (χ1) is 21.0. The highest BCUT2D eigenvalue weighted by Crippen LogP contribution is 2.50. The fraction of sp³-hybridized carbons (Fsp3) is 0.100. The molecule has 2 heterocycles. The van der Waals surface area contributed by atoms with Gasteiger partial charge in [-0.05, 0) is 91.6 Å². The van der Waals surface area contributed by atoms with Gasteiger partial charge in [0.25, 0.3) is 0 Å². The Hall–Kier alpha value is -4.31. The average Bonchev–Trinajstić information content (AvgIpc) is 3.58. The van der Waals surface area contributed by atoms with Crippen molar-refractivity contribution in [2.45, 2.75) is 31.3 Å². The van der Waals surface area contributed by atoms with Crippen LogP contribution in [-0.2, 0) is 6.42 Å². The van der Waals surface area contributed by atoms with Crippen molar-refractivity contribution in [1.29, 1.82) is 0 Å². The average molecular weight is 588 g/mol. The third kappa shape index (κ3) is 4.22. The number of para-hydroxylation sites is 1. The summed E-state index contributed by atoms with van der Waals surface area (Å²) in [4.78, 5) is 5.40. The van der Waals surface area contributed by atoms with E-state index >= 15 is 0 Å². The largest absolute Gasteiger partial charge is 0.310 e. The van der Waals surface area contributed by atoms with E-state index in [1.54, 1.807) is 5.19 Å². The van der Waals surface area contributed by atoms with Crippen molar-refractivity contribution in [3.8, 4) is 22.3 Å². The van der Waals surface area contributed by atoms with Gasteiger partial charge in [0, 0.05) is 28.3 Å². The molecule has 3 heteroatoms. The minimum absolute atomic E-state index is 1.04. The summed E-state index contributed by atoms with van der Waals surface area (Å²) in [7, 11) is -1.87. The molecule has 0 unspecified atom stereocenters. The lowest BCUT2D eigenvalue weighted by molar-refractivity contribution is 1.21. The van der Waals surface area contributed by atoms with Crippen LogP contribution in [-0.4, -0.2) is 8.07 Å². The van der Waals surface area contributed by atoms with Crippen LogP contribution in [0.2, 0.25) is 13.1 Å². The molecule has 0 aliphatic carbocycles. The summed E-state index contributed by atoms with van der Waals surface area (Å²) in [5.41, 5.74) is 10.5. The van der Waals surface area contributed by atoms with Crippen molar-refractivity contribution in [2.75, 3.05) is 4.90 Å². The molecular formula is C40H33NSSi.